The van der Waals surface area contributed by atoms with E-state index >= 15 is 0 Å². The van der Waals surface area contributed by atoms with Crippen molar-refractivity contribution < 1.29 is 19.1 Å². The van der Waals surface area contributed by atoms with Crippen molar-refractivity contribution in [2.45, 2.75) is 52.6 Å². The first-order chi connectivity index (χ1) is 10.2. The fourth-order valence-electron chi connectivity index (χ4n) is 1.75. The van der Waals surface area contributed by atoms with Crippen molar-refractivity contribution in [2.75, 3.05) is 5.32 Å². The van der Waals surface area contributed by atoms with Crippen molar-refractivity contribution >= 4 is 23.3 Å². The molecule has 0 spiro atoms. The van der Waals surface area contributed by atoms with Crippen molar-refractivity contribution in [1.82, 2.24) is 0 Å². The summed E-state index contributed by atoms with van der Waals surface area (Å²) in [5.74, 6) is -0.465. The fourth-order valence-corrected chi connectivity index (χ4v) is 1.75. The van der Waals surface area contributed by atoms with Crippen molar-refractivity contribution in [1.29, 1.82) is 0 Å². The first-order valence-corrected chi connectivity index (χ1v) is 7.30. The molecule has 1 N–H and O–H groups in total. The molecule has 0 atom stereocenters. The third-order valence-electron chi connectivity index (χ3n) is 2.74. The smallest absolute Gasteiger partial charge is 0.338 e. The van der Waals surface area contributed by atoms with E-state index in [2.05, 4.69) is 5.32 Å². The molecular weight excluding hydrogens is 282 g/mol. The maximum atomic E-state index is 11.9. The summed E-state index contributed by atoms with van der Waals surface area (Å²) in [6, 6.07) is 6.53. The topological polar surface area (TPSA) is 72.5 Å². The van der Waals surface area contributed by atoms with E-state index in [1.807, 2.05) is 0 Å². The molecule has 1 aromatic rings. The maximum absolute atomic E-state index is 11.9. The summed E-state index contributed by atoms with van der Waals surface area (Å²) in [5.41, 5.74) is 0.505. The molecule has 0 heterocycles. The van der Waals surface area contributed by atoms with Gasteiger partial charge in [-0.2, -0.15) is 0 Å². The average Bonchev–Trinajstić information content (AvgIpc) is 2.37. The minimum absolute atomic E-state index is 0.0783. The van der Waals surface area contributed by atoms with Crippen LogP contribution in [-0.2, 0) is 14.3 Å². The molecule has 120 valence electrons. The van der Waals surface area contributed by atoms with Crippen molar-refractivity contribution in [3.63, 3.8) is 0 Å². The number of Topliss-reactive ketones (excluding diaryl/α,β-unsaturated/α-hetero) is 1. The number of ketones is 1. The Morgan fingerprint density at radius 3 is 2.14 bits per heavy atom. The molecule has 0 saturated carbocycles. The van der Waals surface area contributed by atoms with Crippen LogP contribution in [0.5, 0.6) is 0 Å². The number of rotatable bonds is 6. The van der Waals surface area contributed by atoms with Crippen LogP contribution in [0, 0.1) is 0 Å². The molecule has 0 radical (unpaired) electrons. The minimum atomic E-state index is -0.541. The van der Waals surface area contributed by atoms with Crippen LogP contribution in [0.15, 0.2) is 24.3 Å². The van der Waals surface area contributed by atoms with Crippen LogP contribution in [0.25, 0.3) is 0 Å². The highest BCUT2D eigenvalue weighted by molar-refractivity contribution is 5.93. The van der Waals surface area contributed by atoms with Crippen LogP contribution in [0.1, 0.15) is 57.3 Å². The highest BCUT2D eigenvalue weighted by Gasteiger charge is 2.17. The summed E-state index contributed by atoms with van der Waals surface area (Å²) in [4.78, 5) is 34.4. The Hall–Kier alpha value is -2.17. The number of nitrogens with one attached hydrogen (secondary N) is 1. The molecule has 22 heavy (non-hydrogen) atoms. The third-order valence-corrected chi connectivity index (χ3v) is 2.74. The molecule has 0 aliphatic carbocycles. The van der Waals surface area contributed by atoms with Crippen LogP contribution in [0.3, 0.4) is 0 Å². The first kappa shape index (κ1) is 17.9. The first-order valence-electron chi connectivity index (χ1n) is 7.30. The van der Waals surface area contributed by atoms with E-state index in [4.69, 9.17) is 4.74 Å². The molecule has 1 aromatic carbocycles. The second-order valence-corrected chi connectivity index (χ2v) is 6.18. The van der Waals surface area contributed by atoms with Gasteiger partial charge < -0.3 is 14.8 Å². The van der Waals surface area contributed by atoms with Gasteiger partial charge in [0.15, 0.2) is 0 Å². The summed E-state index contributed by atoms with van der Waals surface area (Å²) in [5, 5.41) is 2.73. The van der Waals surface area contributed by atoms with Gasteiger partial charge in [-0.05, 0) is 58.4 Å². The molecule has 1 amide bonds. The normalized spacial score (nSPS) is 10.9. The van der Waals surface area contributed by atoms with Crippen molar-refractivity contribution in [2.24, 2.45) is 0 Å². The predicted octanol–water partition coefficient (Wildman–Crippen LogP) is 3.34. The van der Waals surface area contributed by atoms with Gasteiger partial charge in [0.25, 0.3) is 0 Å². The summed E-state index contributed by atoms with van der Waals surface area (Å²) < 4.78 is 5.26. The molecule has 5 nitrogen and oxygen atoms in total. The Kier molecular flexibility index (Phi) is 6.28. The van der Waals surface area contributed by atoms with E-state index in [0.29, 0.717) is 30.5 Å². The summed E-state index contributed by atoms with van der Waals surface area (Å²) in [7, 11) is 0. The lowest BCUT2D eigenvalue weighted by atomic mass is 10.1. The lowest BCUT2D eigenvalue weighted by molar-refractivity contribution is -0.117. The highest BCUT2D eigenvalue weighted by atomic mass is 16.6. The Morgan fingerprint density at radius 1 is 1.05 bits per heavy atom. The van der Waals surface area contributed by atoms with Crippen LogP contribution in [0.4, 0.5) is 5.69 Å². The second kappa shape index (κ2) is 7.73. The zero-order valence-corrected chi connectivity index (χ0v) is 13.6. The number of ether oxygens (including phenoxy) is 1. The number of carbonyl (C=O) groups is 3. The zero-order valence-electron chi connectivity index (χ0n) is 13.6. The van der Waals surface area contributed by atoms with E-state index in [9.17, 15) is 14.4 Å². The van der Waals surface area contributed by atoms with Crippen molar-refractivity contribution in [3.8, 4) is 0 Å². The molecular formula is C17H23NO4. The van der Waals surface area contributed by atoms with Gasteiger partial charge in [0.05, 0.1) is 5.56 Å². The summed E-state index contributed by atoms with van der Waals surface area (Å²) >= 11 is 0. The number of hydrogen-bond acceptors (Lipinski definition) is 4. The standard InChI is InChI=1S/C17H23NO4/c1-12(19)6-5-7-15(20)18-14-10-8-13(9-11-14)16(21)22-17(2,3)4/h8-11H,5-7H2,1-4H3,(H,18,20). The van der Waals surface area contributed by atoms with Gasteiger partial charge in [-0.3, -0.25) is 4.79 Å². The lowest BCUT2D eigenvalue weighted by Crippen LogP contribution is -2.23. The molecule has 0 aliphatic rings. The quantitative estimate of drug-likeness (QED) is 0.818. The number of benzene rings is 1. The Morgan fingerprint density at radius 2 is 1.64 bits per heavy atom. The number of carbonyl (C=O) groups excluding carboxylic acids is 3. The second-order valence-electron chi connectivity index (χ2n) is 6.18. The molecule has 0 aromatic heterocycles. The SMILES string of the molecule is CC(=O)CCCC(=O)Nc1ccc(C(=O)OC(C)(C)C)cc1. The molecule has 0 unspecified atom stereocenters. The molecule has 1 rings (SSSR count). The van der Waals surface area contributed by atoms with Gasteiger partial charge in [-0.1, -0.05) is 0 Å². The van der Waals surface area contributed by atoms with Gasteiger partial charge in [0.1, 0.15) is 11.4 Å². The van der Waals surface area contributed by atoms with Gasteiger partial charge in [-0.25, -0.2) is 4.79 Å². The van der Waals surface area contributed by atoms with Crippen LogP contribution < -0.4 is 5.32 Å². The van der Waals surface area contributed by atoms with Gasteiger partial charge in [0, 0.05) is 18.5 Å². The van der Waals surface area contributed by atoms with E-state index in [1.165, 1.54) is 6.92 Å². The summed E-state index contributed by atoms with van der Waals surface area (Å²) in [6.07, 6.45) is 1.25. The van der Waals surface area contributed by atoms with Crippen LogP contribution in [-0.4, -0.2) is 23.3 Å². The highest BCUT2D eigenvalue weighted by Crippen LogP contribution is 2.15. The van der Waals surface area contributed by atoms with E-state index in [0.717, 1.165) is 0 Å². The Labute approximate surface area is 131 Å². The number of anilines is 1. The number of esters is 1. The molecule has 0 bridgehead atoms. The molecule has 5 heteroatoms. The Balaban J connectivity index is 2.53. The van der Waals surface area contributed by atoms with Gasteiger partial charge >= 0.3 is 5.97 Å². The molecule has 0 fully saturated rings. The average molecular weight is 305 g/mol. The van der Waals surface area contributed by atoms with E-state index in [1.54, 1.807) is 45.0 Å². The molecule has 0 saturated heterocycles. The van der Waals surface area contributed by atoms with E-state index in [-0.39, 0.29) is 11.7 Å². The number of hydrogen-bond donors (Lipinski definition) is 1. The largest absolute Gasteiger partial charge is 0.456 e. The van der Waals surface area contributed by atoms with Gasteiger partial charge in [0.2, 0.25) is 5.91 Å². The van der Waals surface area contributed by atoms with Crippen LogP contribution in [0.2, 0.25) is 0 Å². The van der Waals surface area contributed by atoms with Gasteiger partial charge in [-0.15, -0.1) is 0 Å². The monoisotopic (exact) mass is 305 g/mol. The molecule has 0 aliphatic heterocycles. The summed E-state index contributed by atoms with van der Waals surface area (Å²) in [6.45, 7) is 6.93. The lowest BCUT2D eigenvalue weighted by Gasteiger charge is -2.19. The zero-order chi connectivity index (χ0) is 16.8. The number of amides is 1. The van der Waals surface area contributed by atoms with Crippen LogP contribution >= 0.6 is 0 Å². The van der Waals surface area contributed by atoms with Crippen molar-refractivity contribution in [3.05, 3.63) is 29.8 Å². The van der Waals surface area contributed by atoms with E-state index < -0.39 is 11.6 Å². The predicted molar refractivity (Wildman–Crippen MR) is 84.8 cm³/mol. The fraction of sp³-hybridized carbons (Fsp3) is 0.471. The Bertz CT molecular complexity index is 541. The maximum Gasteiger partial charge on any atom is 0.338 e. The minimum Gasteiger partial charge on any atom is -0.456 e. The third kappa shape index (κ3) is 7.02.